The summed E-state index contributed by atoms with van der Waals surface area (Å²) in [5.41, 5.74) is 0.0411. The minimum absolute atomic E-state index is 0.0411. The van der Waals surface area contributed by atoms with Crippen molar-refractivity contribution in [3.8, 4) is 0 Å². The molecule has 12 heavy (non-hydrogen) atoms. The van der Waals surface area contributed by atoms with Crippen LogP contribution in [0.2, 0.25) is 0 Å². The van der Waals surface area contributed by atoms with Crippen LogP contribution in [-0.2, 0) is 0 Å². The topological polar surface area (TPSA) is 29.1 Å². The molecule has 3 heteroatoms. The number of rotatable bonds is 2. The third-order valence-corrected chi connectivity index (χ3v) is 1.39. The number of benzene rings is 1. The van der Waals surface area contributed by atoms with Gasteiger partial charge in [-0.3, -0.25) is 4.79 Å². The Morgan fingerprint density at radius 3 is 3.08 bits per heavy atom. The maximum Gasteiger partial charge on any atom is 0.254 e. The second-order valence-corrected chi connectivity index (χ2v) is 2.27. The summed E-state index contributed by atoms with van der Waals surface area (Å²) in [5, 5.41) is 2.50. The van der Waals surface area contributed by atoms with Gasteiger partial charge in [0.05, 0.1) is 5.56 Å². The van der Waals surface area contributed by atoms with Gasteiger partial charge >= 0.3 is 0 Å². The smallest absolute Gasteiger partial charge is 0.254 e. The molecule has 1 rings (SSSR count). The molecule has 0 aromatic heterocycles. The Labute approximate surface area is 70.4 Å². The minimum Gasteiger partial charge on any atom is -0.352 e. The van der Waals surface area contributed by atoms with E-state index in [2.05, 4.69) is 11.4 Å². The van der Waals surface area contributed by atoms with Gasteiger partial charge in [-0.1, -0.05) is 6.07 Å². The molecule has 0 spiro atoms. The van der Waals surface area contributed by atoms with Crippen LogP contribution in [0, 0.1) is 11.9 Å². The van der Waals surface area contributed by atoms with Crippen molar-refractivity contribution >= 4 is 5.91 Å². The van der Waals surface area contributed by atoms with E-state index in [-0.39, 0.29) is 5.56 Å². The van der Waals surface area contributed by atoms with E-state index in [0.717, 1.165) is 0 Å². The first-order chi connectivity index (χ1) is 5.75. The zero-order valence-corrected chi connectivity index (χ0v) is 6.73. The number of halogens is 1. The van der Waals surface area contributed by atoms with E-state index in [1.807, 2.05) is 0 Å². The molecule has 0 fully saturated rings. The van der Waals surface area contributed by atoms with E-state index in [4.69, 9.17) is 0 Å². The SMILES string of the molecule is CCNC(=O)c1c[c]ccc1F. The van der Waals surface area contributed by atoms with Gasteiger partial charge in [0.25, 0.3) is 5.91 Å². The highest BCUT2D eigenvalue weighted by Gasteiger charge is 2.08. The lowest BCUT2D eigenvalue weighted by Crippen LogP contribution is -2.23. The van der Waals surface area contributed by atoms with Crippen molar-refractivity contribution in [2.45, 2.75) is 6.92 Å². The molecule has 0 saturated carbocycles. The second kappa shape index (κ2) is 3.85. The summed E-state index contributed by atoms with van der Waals surface area (Å²) in [4.78, 5) is 11.1. The molecule has 63 valence electrons. The van der Waals surface area contributed by atoms with Crippen LogP contribution in [0.25, 0.3) is 0 Å². The summed E-state index contributed by atoms with van der Waals surface area (Å²) in [6.07, 6.45) is 0. The summed E-state index contributed by atoms with van der Waals surface area (Å²) >= 11 is 0. The van der Waals surface area contributed by atoms with Crippen LogP contribution in [0.5, 0.6) is 0 Å². The van der Waals surface area contributed by atoms with Crippen molar-refractivity contribution in [3.05, 3.63) is 35.6 Å². The molecule has 1 N–H and O–H groups in total. The average Bonchev–Trinajstić information content (AvgIpc) is 2.05. The van der Waals surface area contributed by atoms with E-state index in [1.54, 1.807) is 6.92 Å². The first kappa shape index (κ1) is 8.71. The van der Waals surface area contributed by atoms with E-state index in [9.17, 15) is 9.18 Å². The summed E-state index contributed by atoms with van der Waals surface area (Å²) in [7, 11) is 0. The number of hydrogen-bond donors (Lipinski definition) is 1. The molecular weight excluding hydrogens is 157 g/mol. The first-order valence-electron chi connectivity index (χ1n) is 3.69. The Bertz CT molecular complexity index is 286. The lowest BCUT2D eigenvalue weighted by Gasteiger charge is -2.01. The fraction of sp³-hybridized carbons (Fsp3) is 0.222. The predicted octanol–water partition coefficient (Wildman–Crippen LogP) is 1.38. The predicted molar refractivity (Wildman–Crippen MR) is 43.2 cm³/mol. The largest absolute Gasteiger partial charge is 0.352 e. The Hall–Kier alpha value is -1.38. The molecule has 2 nitrogen and oxygen atoms in total. The van der Waals surface area contributed by atoms with Crippen LogP contribution >= 0.6 is 0 Å². The molecule has 0 aliphatic heterocycles. The van der Waals surface area contributed by atoms with Crippen molar-refractivity contribution in [1.82, 2.24) is 5.32 Å². The van der Waals surface area contributed by atoms with Crippen molar-refractivity contribution in [1.29, 1.82) is 0 Å². The average molecular weight is 166 g/mol. The summed E-state index contributed by atoms with van der Waals surface area (Å²) in [6, 6.07) is 6.62. The highest BCUT2D eigenvalue weighted by molar-refractivity contribution is 5.94. The van der Waals surface area contributed by atoms with E-state index >= 15 is 0 Å². The van der Waals surface area contributed by atoms with E-state index in [1.165, 1.54) is 18.2 Å². The molecule has 0 saturated heterocycles. The van der Waals surface area contributed by atoms with Crippen LogP contribution in [0.3, 0.4) is 0 Å². The third-order valence-electron chi connectivity index (χ3n) is 1.39. The normalized spacial score (nSPS) is 9.50. The third kappa shape index (κ3) is 1.81. The minimum atomic E-state index is -0.514. The maximum atomic E-state index is 12.9. The highest BCUT2D eigenvalue weighted by Crippen LogP contribution is 2.04. The van der Waals surface area contributed by atoms with Crippen LogP contribution in [0.15, 0.2) is 18.2 Å². The molecule has 1 radical (unpaired) electrons. The molecule has 1 amide bonds. The van der Waals surface area contributed by atoms with Crippen molar-refractivity contribution in [2.75, 3.05) is 6.54 Å². The van der Waals surface area contributed by atoms with Crippen LogP contribution in [0.4, 0.5) is 4.39 Å². The Balaban J connectivity index is 2.87. The molecule has 0 aliphatic rings. The molecular formula is C9H9FNO. The summed E-state index contributed by atoms with van der Waals surface area (Å²) in [6.45, 7) is 2.27. The van der Waals surface area contributed by atoms with Crippen LogP contribution in [-0.4, -0.2) is 12.5 Å². The van der Waals surface area contributed by atoms with Crippen molar-refractivity contribution in [2.24, 2.45) is 0 Å². The number of carbonyl (C=O) groups excluding carboxylic acids is 1. The zero-order valence-electron chi connectivity index (χ0n) is 6.73. The van der Waals surface area contributed by atoms with Gasteiger partial charge in [-0.05, 0) is 25.1 Å². The van der Waals surface area contributed by atoms with E-state index in [0.29, 0.717) is 6.54 Å². The van der Waals surface area contributed by atoms with Crippen molar-refractivity contribution < 1.29 is 9.18 Å². The van der Waals surface area contributed by atoms with Crippen LogP contribution in [0.1, 0.15) is 17.3 Å². The van der Waals surface area contributed by atoms with Gasteiger partial charge in [0, 0.05) is 6.54 Å². The summed E-state index contributed by atoms with van der Waals surface area (Å²) in [5.74, 6) is -0.911. The molecule has 0 unspecified atom stereocenters. The van der Waals surface area contributed by atoms with Gasteiger partial charge in [0.1, 0.15) is 5.82 Å². The van der Waals surface area contributed by atoms with Crippen molar-refractivity contribution in [3.63, 3.8) is 0 Å². The van der Waals surface area contributed by atoms with E-state index < -0.39 is 11.7 Å². The molecule has 1 aromatic rings. The highest BCUT2D eigenvalue weighted by atomic mass is 19.1. The zero-order chi connectivity index (χ0) is 8.97. The second-order valence-electron chi connectivity index (χ2n) is 2.27. The van der Waals surface area contributed by atoms with Gasteiger partial charge < -0.3 is 5.32 Å². The number of amides is 1. The van der Waals surface area contributed by atoms with Gasteiger partial charge in [0.15, 0.2) is 0 Å². The number of hydrogen-bond acceptors (Lipinski definition) is 1. The first-order valence-corrected chi connectivity index (χ1v) is 3.69. The molecule has 0 atom stereocenters. The maximum absolute atomic E-state index is 12.9. The van der Waals surface area contributed by atoms with Crippen LogP contribution < -0.4 is 5.32 Å². The lowest BCUT2D eigenvalue weighted by atomic mass is 10.2. The van der Waals surface area contributed by atoms with Gasteiger partial charge in [-0.2, -0.15) is 0 Å². The lowest BCUT2D eigenvalue weighted by molar-refractivity contribution is 0.0952. The number of nitrogens with one attached hydrogen (secondary N) is 1. The molecule has 0 heterocycles. The van der Waals surface area contributed by atoms with Gasteiger partial charge in [-0.25, -0.2) is 4.39 Å². The quantitative estimate of drug-likeness (QED) is 0.706. The Kier molecular flexibility index (Phi) is 2.80. The standard InChI is InChI=1S/C9H9FNO/c1-2-11-9(12)7-5-3-4-6-8(7)10/h4-6H,2H2,1H3,(H,11,12). The summed E-state index contributed by atoms with van der Waals surface area (Å²) < 4.78 is 12.9. The molecule has 1 aromatic carbocycles. The Morgan fingerprint density at radius 1 is 1.75 bits per heavy atom. The fourth-order valence-electron chi connectivity index (χ4n) is 0.841. The van der Waals surface area contributed by atoms with Gasteiger partial charge in [0.2, 0.25) is 0 Å². The monoisotopic (exact) mass is 166 g/mol. The molecule has 0 aliphatic carbocycles. The Morgan fingerprint density at radius 2 is 2.50 bits per heavy atom. The van der Waals surface area contributed by atoms with Gasteiger partial charge in [-0.15, -0.1) is 0 Å². The number of carbonyl (C=O) groups is 1. The fourth-order valence-corrected chi connectivity index (χ4v) is 0.841. The molecule has 0 bridgehead atoms.